The summed E-state index contributed by atoms with van der Waals surface area (Å²) in [5, 5.41) is 12.4. The van der Waals surface area contributed by atoms with Gasteiger partial charge < -0.3 is 15.0 Å². The number of carbonyl (C=O) groups is 2. The van der Waals surface area contributed by atoms with Crippen molar-refractivity contribution >= 4 is 34.8 Å². The maximum Gasteiger partial charge on any atom is 0.264 e. The van der Waals surface area contributed by atoms with Gasteiger partial charge in [0.05, 0.1) is 18.1 Å². The first-order valence-corrected chi connectivity index (χ1v) is 10.4. The summed E-state index contributed by atoms with van der Waals surface area (Å²) in [6, 6.07) is 23.1. The molecule has 6 nitrogen and oxygen atoms in total. The second-order valence-corrected chi connectivity index (χ2v) is 7.40. The van der Waals surface area contributed by atoms with E-state index in [1.54, 1.807) is 54.6 Å². The molecule has 3 aromatic carbocycles. The number of hydrogen-bond donors (Lipinski definition) is 1. The van der Waals surface area contributed by atoms with Crippen LogP contribution < -0.4 is 15.0 Å². The highest BCUT2D eigenvalue weighted by Gasteiger charge is 2.19. The van der Waals surface area contributed by atoms with Crippen molar-refractivity contribution in [3.05, 3.63) is 88.9 Å². The van der Waals surface area contributed by atoms with Gasteiger partial charge in [0, 0.05) is 22.9 Å². The normalized spacial score (nSPS) is 10.2. The summed E-state index contributed by atoms with van der Waals surface area (Å²) >= 11 is 6.10. The third-order valence-corrected chi connectivity index (χ3v) is 5.14. The Labute approximate surface area is 192 Å². The monoisotopic (exact) mass is 447 g/mol. The van der Waals surface area contributed by atoms with Crippen molar-refractivity contribution in [1.29, 1.82) is 5.26 Å². The third-order valence-electron chi connectivity index (χ3n) is 4.72. The number of nitrogens with one attached hydrogen (secondary N) is 1. The third kappa shape index (κ3) is 5.87. The second kappa shape index (κ2) is 11.0. The highest BCUT2D eigenvalue weighted by molar-refractivity contribution is 6.31. The summed E-state index contributed by atoms with van der Waals surface area (Å²) < 4.78 is 5.73. The Balaban J connectivity index is 1.74. The first kappa shape index (κ1) is 22.9. The van der Waals surface area contributed by atoms with E-state index in [2.05, 4.69) is 11.4 Å². The van der Waals surface area contributed by atoms with E-state index in [1.807, 2.05) is 25.1 Å². The van der Waals surface area contributed by atoms with Crippen molar-refractivity contribution in [3.8, 4) is 11.8 Å². The maximum absolute atomic E-state index is 12.9. The highest BCUT2D eigenvalue weighted by atomic mass is 35.5. The largest absolute Gasteiger partial charge is 0.483 e. The van der Waals surface area contributed by atoms with Crippen molar-refractivity contribution in [2.45, 2.75) is 13.3 Å². The summed E-state index contributed by atoms with van der Waals surface area (Å²) in [5.41, 5.74) is 2.42. The summed E-state index contributed by atoms with van der Waals surface area (Å²) in [4.78, 5) is 27.1. The smallest absolute Gasteiger partial charge is 0.264 e. The van der Waals surface area contributed by atoms with Crippen LogP contribution >= 0.6 is 11.6 Å². The predicted molar refractivity (Wildman–Crippen MR) is 125 cm³/mol. The maximum atomic E-state index is 12.9. The minimum Gasteiger partial charge on any atom is -0.483 e. The number of hydrogen-bond acceptors (Lipinski definition) is 4. The van der Waals surface area contributed by atoms with E-state index in [0.29, 0.717) is 27.7 Å². The number of amides is 2. The van der Waals surface area contributed by atoms with Crippen molar-refractivity contribution in [2.75, 3.05) is 23.4 Å². The number of benzene rings is 3. The van der Waals surface area contributed by atoms with Gasteiger partial charge in [-0.1, -0.05) is 41.9 Å². The molecule has 32 heavy (non-hydrogen) atoms. The molecule has 0 saturated carbocycles. The fourth-order valence-electron chi connectivity index (χ4n) is 3.07. The van der Waals surface area contributed by atoms with Crippen LogP contribution in [-0.2, 0) is 4.79 Å². The number of halogens is 1. The van der Waals surface area contributed by atoms with Crippen LogP contribution in [0.4, 0.5) is 11.4 Å². The molecular formula is C25H22ClN3O3. The van der Waals surface area contributed by atoms with Crippen LogP contribution in [0.2, 0.25) is 5.02 Å². The average Bonchev–Trinajstić information content (AvgIpc) is 2.81. The minimum atomic E-state index is -0.339. The Hall–Kier alpha value is -3.82. The van der Waals surface area contributed by atoms with E-state index >= 15 is 0 Å². The van der Waals surface area contributed by atoms with Crippen LogP contribution in [0.5, 0.6) is 5.75 Å². The Morgan fingerprint density at radius 3 is 2.50 bits per heavy atom. The number of anilines is 2. The molecule has 0 heterocycles. The van der Waals surface area contributed by atoms with E-state index in [0.717, 1.165) is 5.56 Å². The summed E-state index contributed by atoms with van der Waals surface area (Å²) in [6.45, 7) is 1.77. The van der Waals surface area contributed by atoms with Gasteiger partial charge in [-0.3, -0.25) is 9.59 Å². The van der Waals surface area contributed by atoms with Gasteiger partial charge in [-0.05, 0) is 55.0 Å². The summed E-state index contributed by atoms with van der Waals surface area (Å²) in [5.74, 6) is -0.379. The lowest BCUT2D eigenvalue weighted by Crippen LogP contribution is -2.36. The van der Waals surface area contributed by atoms with E-state index in [-0.39, 0.29) is 31.4 Å². The quantitative estimate of drug-likeness (QED) is 0.512. The number of nitriles is 1. The fourth-order valence-corrected chi connectivity index (χ4v) is 3.19. The molecule has 0 aliphatic rings. The number of carbonyl (C=O) groups excluding carboxylic acids is 2. The van der Waals surface area contributed by atoms with Gasteiger partial charge in [0.15, 0.2) is 6.61 Å². The molecule has 1 N–H and O–H groups in total. The molecule has 3 rings (SSSR count). The van der Waals surface area contributed by atoms with Crippen LogP contribution in [0, 0.1) is 18.3 Å². The molecule has 0 aliphatic heterocycles. The van der Waals surface area contributed by atoms with Gasteiger partial charge in [-0.15, -0.1) is 0 Å². The second-order valence-electron chi connectivity index (χ2n) is 6.99. The molecule has 0 aromatic heterocycles. The molecule has 162 valence electrons. The molecule has 0 saturated heterocycles. The molecule has 2 amide bonds. The zero-order valence-corrected chi connectivity index (χ0v) is 18.3. The summed E-state index contributed by atoms with van der Waals surface area (Å²) in [7, 11) is 0. The predicted octanol–water partition coefficient (Wildman–Crippen LogP) is 5.23. The molecule has 7 heteroatoms. The lowest BCUT2D eigenvalue weighted by molar-refractivity contribution is -0.120. The van der Waals surface area contributed by atoms with Gasteiger partial charge in [0.25, 0.3) is 11.8 Å². The van der Waals surface area contributed by atoms with Crippen molar-refractivity contribution < 1.29 is 14.3 Å². The number of aryl methyl sites for hydroxylation is 1. The molecule has 0 spiro atoms. The van der Waals surface area contributed by atoms with Crippen LogP contribution in [0.25, 0.3) is 0 Å². The first-order valence-electron chi connectivity index (χ1n) is 10.0. The molecule has 0 atom stereocenters. The highest BCUT2D eigenvalue weighted by Crippen LogP contribution is 2.24. The van der Waals surface area contributed by atoms with Crippen LogP contribution in [0.15, 0.2) is 72.8 Å². The topological polar surface area (TPSA) is 82.4 Å². The van der Waals surface area contributed by atoms with Gasteiger partial charge >= 0.3 is 0 Å². The zero-order valence-electron chi connectivity index (χ0n) is 17.5. The molecule has 3 aromatic rings. The number of rotatable bonds is 8. The number of ether oxygens (including phenoxy) is 1. The molecule has 0 radical (unpaired) electrons. The van der Waals surface area contributed by atoms with E-state index in [1.165, 1.54) is 4.90 Å². The minimum absolute atomic E-state index is 0.170. The lowest BCUT2D eigenvalue weighted by Gasteiger charge is -2.23. The van der Waals surface area contributed by atoms with E-state index in [4.69, 9.17) is 21.6 Å². The van der Waals surface area contributed by atoms with Crippen molar-refractivity contribution in [1.82, 2.24) is 0 Å². The standard InChI is InChI=1S/C25H22ClN3O3/c1-18-16-20(12-13-22(18)26)29(15-7-14-27)24(30)17-32-23-11-6-5-10-21(23)25(31)28-19-8-3-2-4-9-19/h2-6,8-13,16H,7,15,17H2,1H3,(H,28,31). The van der Waals surface area contributed by atoms with Gasteiger partial charge in [0.1, 0.15) is 5.75 Å². The van der Waals surface area contributed by atoms with E-state index < -0.39 is 0 Å². The molecular weight excluding hydrogens is 426 g/mol. The number of para-hydroxylation sites is 2. The Morgan fingerprint density at radius 2 is 1.78 bits per heavy atom. The fraction of sp³-hybridized carbons (Fsp3) is 0.160. The van der Waals surface area contributed by atoms with Crippen LogP contribution in [0.3, 0.4) is 0 Å². The van der Waals surface area contributed by atoms with Gasteiger partial charge in [-0.25, -0.2) is 0 Å². The van der Waals surface area contributed by atoms with E-state index in [9.17, 15) is 9.59 Å². The Bertz CT molecular complexity index is 1140. The molecule has 0 fully saturated rings. The van der Waals surface area contributed by atoms with Gasteiger partial charge in [0.2, 0.25) is 0 Å². The zero-order chi connectivity index (χ0) is 22.9. The van der Waals surface area contributed by atoms with Crippen molar-refractivity contribution in [2.24, 2.45) is 0 Å². The SMILES string of the molecule is Cc1cc(N(CCC#N)C(=O)COc2ccccc2C(=O)Nc2ccccc2)ccc1Cl. The molecule has 0 unspecified atom stereocenters. The first-order chi connectivity index (χ1) is 15.5. The van der Waals surface area contributed by atoms with Gasteiger partial charge in [-0.2, -0.15) is 5.26 Å². The van der Waals surface area contributed by atoms with Crippen LogP contribution in [-0.4, -0.2) is 25.0 Å². The lowest BCUT2D eigenvalue weighted by atomic mass is 10.2. The molecule has 0 aliphatic carbocycles. The van der Waals surface area contributed by atoms with Crippen LogP contribution in [0.1, 0.15) is 22.3 Å². The number of nitrogens with zero attached hydrogens (tertiary/aromatic N) is 2. The Kier molecular flexibility index (Phi) is 7.85. The average molecular weight is 448 g/mol. The van der Waals surface area contributed by atoms with Crippen molar-refractivity contribution in [3.63, 3.8) is 0 Å². The summed E-state index contributed by atoms with van der Waals surface area (Å²) in [6.07, 6.45) is 0.170. The molecule has 0 bridgehead atoms. The Morgan fingerprint density at radius 1 is 1.06 bits per heavy atom.